The van der Waals surface area contributed by atoms with Crippen molar-refractivity contribution >= 4 is 0 Å². The Kier molecular flexibility index (Phi) is 4.82. The molecule has 0 aliphatic heterocycles. The highest BCUT2D eigenvalue weighted by Gasteiger charge is 2.27. The first kappa shape index (κ1) is 15.1. The quantitative estimate of drug-likeness (QED) is 0.815. The number of hydrogen-bond donors (Lipinski definition) is 2. The van der Waals surface area contributed by atoms with E-state index in [1.165, 1.54) is 6.07 Å². The Balaban J connectivity index is 1.82. The molecule has 7 heteroatoms. The summed E-state index contributed by atoms with van der Waals surface area (Å²) in [6, 6.07) is 3.31. The van der Waals surface area contributed by atoms with Crippen LogP contribution in [0.15, 0.2) is 16.9 Å². The number of ether oxygens (including phenoxy) is 1. The molecule has 1 aliphatic rings. The van der Waals surface area contributed by atoms with Gasteiger partial charge in [-0.25, -0.2) is 0 Å². The van der Waals surface area contributed by atoms with Crippen molar-refractivity contribution in [1.29, 1.82) is 0 Å². The summed E-state index contributed by atoms with van der Waals surface area (Å²) < 4.78 is 40.2. The Morgan fingerprint density at radius 3 is 2.95 bits per heavy atom. The van der Waals surface area contributed by atoms with Gasteiger partial charge in [-0.05, 0) is 24.8 Å². The number of hydrogen-bond acceptors (Lipinski definition) is 3. The molecule has 0 aromatic carbocycles. The van der Waals surface area contributed by atoms with Crippen molar-refractivity contribution in [1.82, 2.24) is 10.3 Å². The van der Waals surface area contributed by atoms with Crippen molar-refractivity contribution in [2.75, 3.05) is 19.8 Å². The molecular formula is C13H17F3N2O2. The number of aromatic amines is 1. The van der Waals surface area contributed by atoms with Gasteiger partial charge in [0.1, 0.15) is 6.61 Å². The van der Waals surface area contributed by atoms with Gasteiger partial charge in [-0.2, -0.15) is 13.2 Å². The van der Waals surface area contributed by atoms with Gasteiger partial charge in [0, 0.05) is 24.3 Å². The highest BCUT2D eigenvalue weighted by Crippen LogP contribution is 2.27. The number of pyridine rings is 1. The van der Waals surface area contributed by atoms with E-state index in [0.717, 1.165) is 30.5 Å². The molecule has 0 bridgehead atoms. The third-order valence-electron chi connectivity index (χ3n) is 3.23. The largest absolute Gasteiger partial charge is 0.411 e. The second-order valence-corrected chi connectivity index (χ2v) is 4.82. The number of H-pyrrole nitrogens is 1. The Bertz CT molecular complexity index is 499. The number of nitrogens with one attached hydrogen (secondary N) is 2. The zero-order valence-electron chi connectivity index (χ0n) is 10.9. The molecule has 1 heterocycles. The maximum absolute atomic E-state index is 11.9. The topological polar surface area (TPSA) is 54.1 Å². The molecular weight excluding hydrogens is 273 g/mol. The molecule has 2 rings (SSSR count). The lowest BCUT2D eigenvalue weighted by atomic mass is 9.91. The molecule has 0 spiro atoms. The lowest BCUT2D eigenvalue weighted by Gasteiger charge is -2.26. The van der Waals surface area contributed by atoms with Crippen LogP contribution in [0.4, 0.5) is 13.2 Å². The van der Waals surface area contributed by atoms with Crippen molar-refractivity contribution in [2.24, 2.45) is 0 Å². The van der Waals surface area contributed by atoms with Gasteiger partial charge in [-0.3, -0.25) is 4.79 Å². The summed E-state index contributed by atoms with van der Waals surface area (Å²) in [6.45, 7) is -0.864. The molecule has 20 heavy (non-hydrogen) atoms. The molecule has 1 aromatic heterocycles. The van der Waals surface area contributed by atoms with Crippen LogP contribution in [0, 0.1) is 0 Å². The molecule has 0 amide bonds. The molecule has 4 nitrogen and oxygen atoms in total. The van der Waals surface area contributed by atoms with Crippen LogP contribution in [0.5, 0.6) is 0 Å². The summed E-state index contributed by atoms with van der Waals surface area (Å²) in [4.78, 5) is 14.0. The number of aromatic nitrogens is 1. The van der Waals surface area contributed by atoms with Crippen LogP contribution in [-0.2, 0) is 11.2 Å². The molecule has 1 aliphatic carbocycles. The summed E-state index contributed by atoms with van der Waals surface area (Å²) in [6.07, 6.45) is -1.61. The van der Waals surface area contributed by atoms with Crippen molar-refractivity contribution < 1.29 is 17.9 Å². The highest BCUT2D eigenvalue weighted by atomic mass is 19.4. The molecule has 0 fully saturated rings. The Hall–Kier alpha value is -1.34. The third kappa shape index (κ3) is 4.35. The highest BCUT2D eigenvalue weighted by molar-refractivity contribution is 5.26. The standard InChI is InChI=1S/C13H17F3N2O2/c14-13(15,16)8-20-7-6-17-10-2-1-3-11-9(10)4-5-12(19)18-11/h4-5,10,17H,1-3,6-8H2,(H,18,19). The molecule has 1 unspecified atom stereocenters. The van der Waals surface area contributed by atoms with Crippen LogP contribution in [0.1, 0.15) is 30.1 Å². The van der Waals surface area contributed by atoms with E-state index in [1.54, 1.807) is 6.07 Å². The number of fused-ring (bicyclic) bond motifs is 1. The SMILES string of the molecule is O=c1ccc2c([nH]1)CCCC2NCCOCC(F)(F)F. The lowest BCUT2D eigenvalue weighted by Crippen LogP contribution is -2.30. The zero-order valence-corrected chi connectivity index (χ0v) is 10.9. The van der Waals surface area contributed by atoms with Crippen LogP contribution in [0.25, 0.3) is 0 Å². The minimum absolute atomic E-state index is 0.00863. The number of aryl methyl sites for hydroxylation is 1. The van der Waals surface area contributed by atoms with E-state index in [4.69, 9.17) is 0 Å². The van der Waals surface area contributed by atoms with E-state index >= 15 is 0 Å². The Morgan fingerprint density at radius 1 is 1.40 bits per heavy atom. The summed E-state index contributed by atoms with van der Waals surface area (Å²) >= 11 is 0. The first-order valence-corrected chi connectivity index (χ1v) is 6.56. The minimum atomic E-state index is -4.28. The third-order valence-corrected chi connectivity index (χ3v) is 3.23. The first-order chi connectivity index (χ1) is 9.46. The van der Waals surface area contributed by atoms with Crippen LogP contribution >= 0.6 is 0 Å². The van der Waals surface area contributed by atoms with E-state index in [1.807, 2.05) is 0 Å². The minimum Gasteiger partial charge on any atom is -0.371 e. The van der Waals surface area contributed by atoms with Gasteiger partial charge >= 0.3 is 6.18 Å². The number of halogens is 3. The van der Waals surface area contributed by atoms with Gasteiger partial charge in [0.15, 0.2) is 0 Å². The van der Waals surface area contributed by atoms with Crippen LogP contribution < -0.4 is 10.9 Å². The fourth-order valence-corrected chi connectivity index (χ4v) is 2.41. The fraction of sp³-hybridized carbons (Fsp3) is 0.615. The second-order valence-electron chi connectivity index (χ2n) is 4.82. The smallest absolute Gasteiger partial charge is 0.371 e. The van der Waals surface area contributed by atoms with Gasteiger partial charge < -0.3 is 15.0 Å². The molecule has 2 N–H and O–H groups in total. The van der Waals surface area contributed by atoms with E-state index in [-0.39, 0.29) is 18.2 Å². The monoisotopic (exact) mass is 290 g/mol. The number of rotatable bonds is 5. The normalized spacial score (nSPS) is 18.9. The van der Waals surface area contributed by atoms with Gasteiger partial charge in [0.05, 0.1) is 6.61 Å². The predicted molar refractivity (Wildman–Crippen MR) is 67.6 cm³/mol. The van der Waals surface area contributed by atoms with Gasteiger partial charge in [0.2, 0.25) is 5.56 Å². The van der Waals surface area contributed by atoms with E-state index < -0.39 is 12.8 Å². The van der Waals surface area contributed by atoms with Gasteiger partial charge in [0.25, 0.3) is 0 Å². The zero-order chi connectivity index (χ0) is 14.6. The fourth-order valence-electron chi connectivity index (χ4n) is 2.41. The molecule has 0 saturated heterocycles. The first-order valence-electron chi connectivity index (χ1n) is 6.56. The Labute approximate surface area is 114 Å². The summed E-state index contributed by atoms with van der Waals surface area (Å²) in [5.41, 5.74) is 1.81. The van der Waals surface area contributed by atoms with Crippen molar-refractivity contribution in [3.63, 3.8) is 0 Å². The molecule has 0 radical (unpaired) electrons. The molecule has 112 valence electrons. The Morgan fingerprint density at radius 2 is 2.20 bits per heavy atom. The average Bonchev–Trinajstić information content (AvgIpc) is 2.36. The number of alkyl halides is 3. The van der Waals surface area contributed by atoms with Crippen molar-refractivity contribution in [3.8, 4) is 0 Å². The summed E-state index contributed by atoms with van der Waals surface area (Å²) in [5.74, 6) is 0. The predicted octanol–water partition coefficient (Wildman–Crippen LogP) is 1.92. The van der Waals surface area contributed by atoms with E-state index in [9.17, 15) is 18.0 Å². The molecule has 1 aromatic rings. The van der Waals surface area contributed by atoms with Crippen molar-refractivity contribution in [3.05, 3.63) is 33.7 Å². The van der Waals surface area contributed by atoms with Crippen LogP contribution in [-0.4, -0.2) is 30.9 Å². The maximum atomic E-state index is 11.9. The van der Waals surface area contributed by atoms with Gasteiger partial charge in [-0.1, -0.05) is 6.07 Å². The molecule has 1 atom stereocenters. The second kappa shape index (κ2) is 6.41. The van der Waals surface area contributed by atoms with Crippen LogP contribution in [0.2, 0.25) is 0 Å². The van der Waals surface area contributed by atoms with Gasteiger partial charge in [-0.15, -0.1) is 0 Å². The van der Waals surface area contributed by atoms with E-state index in [0.29, 0.717) is 6.54 Å². The summed E-state index contributed by atoms with van der Waals surface area (Å²) in [7, 11) is 0. The van der Waals surface area contributed by atoms with E-state index in [2.05, 4.69) is 15.0 Å². The molecule has 0 saturated carbocycles. The van der Waals surface area contributed by atoms with Crippen molar-refractivity contribution in [2.45, 2.75) is 31.5 Å². The lowest BCUT2D eigenvalue weighted by molar-refractivity contribution is -0.173. The van der Waals surface area contributed by atoms with Crippen LogP contribution in [0.3, 0.4) is 0 Å². The summed E-state index contributed by atoms with van der Waals surface area (Å²) in [5, 5.41) is 3.17. The maximum Gasteiger partial charge on any atom is 0.411 e. The average molecular weight is 290 g/mol.